The number of non-ortho nitro benzene ring substituents is 1. The van der Waals surface area contributed by atoms with Crippen LogP contribution in [0.25, 0.3) is 0 Å². The van der Waals surface area contributed by atoms with Crippen LogP contribution < -0.4 is 5.32 Å². The van der Waals surface area contributed by atoms with Crippen LogP contribution in [0.3, 0.4) is 0 Å². The number of anilines is 1. The van der Waals surface area contributed by atoms with Gasteiger partial charge in [0.2, 0.25) is 0 Å². The monoisotopic (exact) mass is 260 g/mol. The minimum atomic E-state index is -0.389. The number of aromatic nitrogens is 2. The average Bonchev–Trinajstić information content (AvgIpc) is 2.85. The third-order valence-corrected chi connectivity index (χ3v) is 2.75. The summed E-state index contributed by atoms with van der Waals surface area (Å²) < 4.78 is 1.86. The fraction of sp³-hybridized carbons (Fsp3) is 0.308. The highest BCUT2D eigenvalue weighted by molar-refractivity contribution is 5.41. The van der Waals surface area contributed by atoms with Crippen molar-refractivity contribution in [1.82, 2.24) is 9.78 Å². The Hall–Kier alpha value is -2.37. The Balaban J connectivity index is 2.01. The fourth-order valence-electron chi connectivity index (χ4n) is 1.70. The van der Waals surface area contributed by atoms with E-state index < -0.39 is 0 Å². The number of nitrogens with one attached hydrogen (secondary N) is 1. The molecular formula is C13H16N4O2. The van der Waals surface area contributed by atoms with E-state index in [1.807, 2.05) is 16.9 Å². The molecule has 1 aromatic carbocycles. The lowest BCUT2D eigenvalue weighted by Gasteiger charge is -2.05. The molecule has 2 rings (SSSR count). The van der Waals surface area contributed by atoms with Crippen molar-refractivity contribution in [2.75, 3.05) is 5.32 Å². The first-order valence-electron chi connectivity index (χ1n) is 6.07. The van der Waals surface area contributed by atoms with Crippen molar-refractivity contribution in [3.63, 3.8) is 0 Å². The first kappa shape index (κ1) is 13.1. The molecule has 0 aliphatic heterocycles. The summed E-state index contributed by atoms with van der Waals surface area (Å²) in [5.41, 5.74) is 1.88. The predicted octanol–water partition coefficient (Wildman–Crippen LogP) is 2.98. The van der Waals surface area contributed by atoms with Crippen LogP contribution in [-0.2, 0) is 6.54 Å². The van der Waals surface area contributed by atoms with Gasteiger partial charge in [0.1, 0.15) is 0 Å². The Labute approximate surface area is 111 Å². The topological polar surface area (TPSA) is 73.0 Å². The molecule has 6 heteroatoms. The van der Waals surface area contributed by atoms with Crippen LogP contribution in [-0.4, -0.2) is 14.7 Å². The van der Waals surface area contributed by atoms with E-state index in [0.29, 0.717) is 12.6 Å². The van der Waals surface area contributed by atoms with Gasteiger partial charge in [0.25, 0.3) is 5.69 Å². The van der Waals surface area contributed by atoms with Gasteiger partial charge in [-0.1, -0.05) is 12.1 Å². The van der Waals surface area contributed by atoms with Gasteiger partial charge in [-0.05, 0) is 19.4 Å². The van der Waals surface area contributed by atoms with E-state index in [4.69, 9.17) is 0 Å². The second-order valence-electron chi connectivity index (χ2n) is 4.58. The molecule has 0 saturated carbocycles. The smallest absolute Gasteiger partial charge is 0.269 e. The summed E-state index contributed by atoms with van der Waals surface area (Å²) in [6, 6.07) is 6.91. The number of rotatable bonds is 5. The highest BCUT2D eigenvalue weighted by Crippen LogP contribution is 2.15. The first-order valence-corrected chi connectivity index (χ1v) is 6.07. The minimum Gasteiger partial charge on any atom is -0.378 e. The van der Waals surface area contributed by atoms with E-state index in [1.54, 1.807) is 18.3 Å². The van der Waals surface area contributed by atoms with Crippen molar-refractivity contribution in [2.45, 2.75) is 26.4 Å². The molecule has 19 heavy (non-hydrogen) atoms. The highest BCUT2D eigenvalue weighted by Gasteiger charge is 2.06. The van der Waals surface area contributed by atoms with Crippen LogP contribution in [0.5, 0.6) is 0 Å². The van der Waals surface area contributed by atoms with Gasteiger partial charge in [0, 0.05) is 30.9 Å². The molecule has 0 bridgehead atoms. The Kier molecular flexibility index (Phi) is 3.79. The summed E-state index contributed by atoms with van der Waals surface area (Å²) in [5, 5.41) is 18.1. The zero-order valence-electron chi connectivity index (χ0n) is 10.9. The molecule has 0 aliphatic rings. The lowest BCUT2D eigenvalue weighted by molar-refractivity contribution is -0.384. The lowest BCUT2D eigenvalue weighted by Crippen LogP contribution is -2.01. The number of nitro groups is 1. The normalized spacial score (nSPS) is 10.7. The van der Waals surface area contributed by atoms with Gasteiger partial charge in [-0.25, -0.2) is 0 Å². The zero-order valence-corrected chi connectivity index (χ0v) is 10.9. The van der Waals surface area contributed by atoms with Gasteiger partial charge in [-0.15, -0.1) is 0 Å². The molecule has 1 heterocycles. The van der Waals surface area contributed by atoms with Crippen LogP contribution >= 0.6 is 0 Å². The SMILES string of the molecule is CC(C)n1cc(NCc2cccc([N+](=O)[O-])c2)cn1. The summed E-state index contributed by atoms with van der Waals surface area (Å²) in [6.07, 6.45) is 3.67. The first-order chi connectivity index (χ1) is 9.06. The molecule has 0 aliphatic carbocycles. The molecule has 0 atom stereocenters. The van der Waals surface area contributed by atoms with Crippen LogP contribution in [0, 0.1) is 10.1 Å². The van der Waals surface area contributed by atoms with Gasteiger partial charge in [0.15, 0.2) is 0 Å². The third-order valence-electron chi connectivity index (χ3n) is 2.75. The van der Waals surface area contributed by atoms with E-state index in [9.17, 15) is 10.1 Å². The molecule has 0 spiro atoms. The van der Waals surface area contributed by atoms with Crippen molar-refractivity contribution >= 4 is 11.4 Å². The van der Waals surface area contributed by atoms with Crippen LogP contribution in [0.4, 0.5) is 11.4 Å². The van der Waals surface area contributed by atoms with E-state index in [2.05, 4.69) is 24.3 Å². The standard InChI is InChI=1S/C13H16N4O2/c1-10(2)16-9-12(8-15-16)14-7-11-4-3-5-13(6-11)17(18)19/h3-6,8-10,14H,7H2,1-2H3. The Morgan fingerprint density at radius 2 is 2.26 bits per heavy atom. The maximum absolute atomic E-state index is 10.7. The highest BCUT2D eigenvalue weighted by atomic mass is 16.6. The summed E-state index contributed by atoms with van der Waals surface area (Å²) in [7, 11) is 0. The van der Waals surface area contributed by atoms with Gasteiger partial charge < -0.3 is 5.32 Å². The summed E-state index contributed by atoms with van der Waals surface area (Å²) in [5.74, 6) is 0. The number of hydrogen-bond acceptors (Lipinski definition) is 4. The molecule has 0 unspecified atom stereocenters. The van der Waals surface area contributed by atoms with Gasteiger partial charge in [-0.3, -0.25) is 14.8 Å². The van der Waals surface area contributed by atoms with Crippen molar-refractivity contribution < 1.29 is 4.92 Å². The lowest BCUT2D eigenvalue weighted by atomic mass is 10.2. The number of hydrogen-bond donors (Lipinski definition) is 1. The summed E-state index contributed by atoms with van der Waals surface area (Å²) >= 11 is 0. The molecule has 1 N–H and O–H groups in total. The van der Waals surface area contributed by atoms with Crippen molar-refractivity contribution in [3.05, 3.63) is 52.3 Å². The zero-order chi connectivity index (χ0) is 13.8. The molecule has 2 aromatic rings. The molecule has 0 saturated heterocycles. The van der Waals surface area contributed by atoms with Gasteiger partial charge in [0.05, 0.1) is 16.8 Å². The molecule has 6 nitrogen and oxygen atoms in total. The largest absolute Gasteiger partial charge is 0.378 e. The van der Waals surface area contributed by atoms with E-state index in [1.165, 1.54) is 6.07 Å². The minimum absolute atomic E-state index is 0.108. The summed E-state index contributed by atoms with van der Waals surface area (Å²) in [6.45, 7) is 4.64. The maximum atomic E-state index is 10.7. The van der Waals surface area contributed by atoms with E-state index in [0.717, 1.165) is 11.3 Å². The quantitative estimate of drug-likeness (QED) is 0.662. The molecule has 0 radical (unpaired) electrons. The Morgan fingerprint density at radius 1 is 1.47 bits per heavy atom. The molecular weight excluding hydrogens is 244 g/mol. The van der Waals surface area contributed by atoms with Crippen LogP contribution in [0.15, 0.2) is 36.7 Å². The van der Waals surface area contributed by atoms with Crippen LogP contribution in [0.1, 0.15) is 25.5 Å². The number of benzene rings is 1. The molecule has 100 valence electrons. The predicted molar refractivity (Wildman–Crippen MR) is 73.0 cm³/mol. The average molecular weight is 260 g/mol. The second-order valence-corrected chi connectivity index (χ2v) is 4.58. The van der Waals surface area contributed by atoms with Crippen molar-refractivity contribution in [2.24, 2.45) is 0 Å². The van der Waals surface area contributed by atoms with Gasteiger partial charge in [-0.2, -0.15) is 5.10 Å². The fourth-order valence-corrected chi connectivity index (χ4v) is 1.70. The van der Waals surface area contributed by atoms with Crippen LogP contribution in [0.2, 0.25) is 0 Å². The number of nitro benzene ring substituents is 1. The Morgan fingerprint density at radius 3 is 2.89 bits per heavy atom. The molecule has 0 amide bonds. The Bertz CT molecular complexity index is 578. The molecule has 0 fully saturated rings. The summed E-state index contributed by atoms with van der Waals surface area (Å²) in [4.78, 5) is 10.3. The third kappa shape index (κ3) is 3.31. The second kappa shape index (κ2) is 5.51. The van der Waals surface area contributed by atoms with E-state index >= 15 is 0 Å². The van der Waals surface area contributed by atoms with Gasteiger partial charge >= 0.3 is 0 Å². The van der Waals surface area contributed by atoms with E-state index in [-0.39, 0.29) is 10.6 Å². The number of nitrogens with zero attached hydrogens (tertiary/aromatic N) is 3. The van der Waals surface area contributed by atoms with Crippen molar-refractivity contribution in [3.8, 4) is 0 Å². The van der Waals surface area contributed by atoms with Crippen molar-refractivity contribution in [1.29, 1.82) is 0 Å². The molecule has 1 aromatic heterocycles. The maximum Gasteiger partial charge on any atom is 0.269 e.